The normalized spacial score (nSPS) is 10.6. The van der Waals surface area contributed by atoms with Gasteiger partial charge >= 0.3 is 0 Å². The fourth-order valence-electron chi connectivity index (χ4n) is 1.95. The minimum atomic E-state index is 0.0550. The summed E-state index contributed by atoms with van der Waals surface area (Å²) in [5.41, 5.74) is 0.982. The van der Waals surface area contributed by atoms with E-state index in [1.165, 1.54) is 0 Å². The molecule has 0 saturated heterocycles. The molecule has 0 radical (unpaired) electrons. The Hall–Kier alpha value is -1.97. The van der Waals surface area contributed by atoms with Crippen LogP contribution in [0, 0.1) is 0 Å². The minimum absolute atomic E-state index is 0.0550. The van der Waals surface area contributed by atoms with Crippen LogP contribution in [-0.2, 0) is 11.2 Å². The maximum atomic E-state index is 11.7. The molecule has 0 unspecified atom stereocenters. The molecule has 0 aliphatic carbocycles. The molecule has 0 aliphatic rings. The van der Waals surface area contributed by atoms with Crippen molar-refractivity contribution < 1.29 is 14.3 Å². The quantitative estimate of drug-likeness (QED) is 0.587. The van der Waals surface area contributed by atoms with Crippen LogP contribution in [0.1, 0.15) is 25.3 Å². The van der Waals surface area contributed by atoms with Gasteiger partial charge in [0.1, 0.15) is 0 Å². The van der Waals surface area contributed by atoms with E-state index >= 15 is 0 Å². The van der Waals surface area contributed by atoms with Crippen molar-refractivity contribution in [3.63, 3.8) is 0 Å². The molecular weight excluding hydrogens is 254 g/mol. The first-order chi connectivity index (χ1) is 9.72. The lowest BCUT2D eigenvalue weighted by Gasteiger charge is -2.12. The zero-order chi connectivity index (χ0) is 14.8. The second-order valence-electron chi connectivity index (χ2n) is 4.36. The highest BCUT2D eigenvalue weighted by atomic mass is 16.5. The van der Waals surface area contributed by atoms with Gasteiger partial charge in [-0.3, -0.25) is 4.79 Å². The fourth-order valence-corrected chi connectivity index (χ4v) is 1.95. The van der Waals surface area contributed by atoms with E-state index in [1.54, 1.807) is 14.2 Å². The van der Waals surface area contributed by atoms with Crippen molar-refractivity contribution in [2.45, 2.75) is 26.2 Å². The van der Waals surface area contributed by atoms with Gasteiger partial charge in [0, 0.05) is 13.0 Å². The third-order valence-corrected chi connectivity index (χ3v) is 2.97. The van der Waals surface area contributed by atoms with E-state index < -0.39 is 0 Å². The maximum Gasteiger partial charge on any atom is 0.220 e. The highest BCUT2D eigenvalue weighted by Crippen LogP contribution is 2.31. The number of ether oxygens (including phenoxy) is 2. The molecule has 0 aliphatic heterocycles. The molecule has 110 valence electrons. The summed E-state index contributed by atoms with van der Waals surface area (Å²) < 4.78 is 10.6. The van der Waals surface area contributed by atoms with Crippen LogP contribution in [0.3, 0.4) is 0 Å². The molecule has 20 heavy (non-hydrogen) atoms. The predicted molar refractivity (Wildman–Crippen MR) is 80.3 cm³/mol. The third kappa shape index (κ3) is 4.96. The van der Waals surface area contributed by atoms with Gasteiger partial charge in [0.05, 0.1) is 14.2 Å². The lowest BCUT2D eigenvalue weighted by Crippen LogP contribution is -2.24. The number of carbonyl (C=O) groups is 1. The first-order valence-corrected chi connectivity index (χ1v) is 6.80. The minimum Gasteiger partial charge on any atom is -0.493 e. The first-order valence-electron chi connectivity index (χ1n) is 6.80. The fraction of sp³-hybridized carbons (Fsp3) is 0.438. The summed E-state index contributed by atoms with van der Waals surface area (Å²) in [5, 5.41) is 2.89. The number of para-hydroxylation sites is 1. The number of hydrogen-bond acceptors (Lipinski definition) is 3. The van der Waals surface area contributed by atoms with Crippen molar-refractivity contribution in [3.05, 3.63) is 35.9 Å². The molecule has 0 atom stereocenters. The molecule has 0 fully saturated rings. The molecule has 4 nitrogen and oxygen atoms in total. The Balaban J connectivity index is 2.50. The standard InChI is InChI=1S/C16H23NO3/c1-4-5-6-12-17-15(18)11-10-13-8-7-9-14(19-2)16(13)20-3/h4-5,7-9H,6,10-12H2,1-3H3,(H,17,18)/b5-4+. The Morgan fingerprint density at radius 2 is 2.10 bits per heavy atom. The maximum absolute atomic E-state index is 11.7. The zero-order valence-electron chi connectivity index (χ0n) is 12.4. The number of rotatable bonds is 8. The van der Waals surface area contributed by atoms with E-state index in [2.05, 4.69) is 5.32 Å². The molecule has 1 N–H and O–H groups in total. The van der Waals surface area contributed by atoms with E-state index in [0.717, 1.165) is 12.0 Å². The molecule has 1 amide bonds. The van der Waals surface area contributed by atoms with Gasteiger partial charge in [0.15, 0.2) is 11.5 Å². The monoisotopic (exact) mass is 277 g/mol. The number of hydrogen-bond donors (Lipinski definition) is 1. The predicted octanol–water partition coefficient (Wildman–Crippen LogP) is 2.72. The van der Waals surface area contributed by atoms with Crippen molar-refractivity contribution in [1.82, 2.24) is 5.32 Å². The van der Waals surface area contributed by atoms with Crippen molar-refractivity contribution in [2.75, 3.05) is 20.8 Å². The van der Waals surface area contributed by atoms with Crippen LogP contribution in [0.15, 0.2) is 30.4 Å². The van der Waals surface area contributed by atoms with E-state index in [4.69, 9.17) is 9.47 Å². The summed E-state index contributed by atoms with van der Waals surface area (Å²) in [7, 11) is 3.22. The molecule has 0 saturated carbocycles. The van der Waals surface area contributed by atoms with Crippen molar-refractivity contribution in [3.8, 4) is 11.5 Å². The van der Waals surface area contributed by atoms with Crippen molar-refractivity contribution >= 4 is 5.91 Å². The molecule has 4 heteroatoms. The number of methoxy groups -OCH3 is 2. The molecule has 1 aromatic carbocycles. The van der Waals surface area contributed by atoms with Crippen molar-refractivity contribution in [1.29, 1.82) is 0 Å². The van der Waals surface area contributed by atoms with Crippen LogP contribution in [0.5, 0.6) is 11.5 Å². The Labute approximate surface area is 120 Å². The van der Waals surface area contributed by atoms with Crippen LogP contribution >= 0.6 is 0 Å². The second-order valence-corrected chi connectivity index (χ2v) is 4.36. The molecular formula is C16H23NO3. The summed E-state index contributed by atoms with van der Waals surface area (Å²) in [4.78, 5) is 11.7. The summed E-state index contributed by atoms with van der Waals surface area (Å²) in [6, 6.07) is 5.70. The van der Waals surface area contributed by atoms with Gasteiger partial charge in [-0.25, -0.2) is 0 Å². The Morgan fingerprint density at radius 1 is 1.30 bits per heavy atom. The third-order valence-electron chi connectivity index (χ3n) is 2.97. The summed E-state index contributed by atoms with van der Waals surface area (Å²) in [6.45, 7) is 2.65. The number of carbonyl (C=O) groups excluding carboxylic acids is 1. The average Bonchev–Trinajstić information content (AvgIpc) is 2.48. The van der Waals surface area contributed by atoms with Crippen LogP contribution < -0.4 is 14.8 Å². The number of aryl methyl sites for hydroxylation is 1. The summed E-state index contributed by atoms with van der Waals surface area (Å²) in [6.07, 6.45) is 5.96. The lowest BCUT2D eigenvalue weighted by atomic mass is 10.1. The topological polar surface area (TPSA) is 47.6 Å². The van der Waals surface area contributed by atoms with Crippen LogP contribution in [-0.4, -0.2) is 26.7 Å². The smallest absolute Gasteiger partial charge is 0.220 e. The van der Waals surface area contributed by atoms with Gasteiger partial charge < -0.3 is 14.8 Å². The summed E-state index contributed by atoms with van der Waals surface area (Å²) in [5.74, 6) is 1.45. The molecule has 0 bridgehead atoms. The Bertz CT molecular complexity index is 455. The second kappa shape index (κ2) is 9.02. The number of allylic oxidation sites excluding steroid dienone is 1. The highest BCUT2D eigenvalue weighted by molar-refractivity contribution is 5.76. The molecule has 0 spiro atoms. The van der Waals surface area contributed by atoms with E-state index in [1.807, 2.05) is 37.3 Å². The van der Waals surface area contributed by atoms with E-state index in [0.29, 0.717) is 30.9 Å². The van der Waals surface area contributed by atoms with Gasteiger partial charge in [-0.05, 0) is 31.4 Å². The SMILES string of the molecule is C/C=C/CCNC(=O)CCc1cccc(OC)c1OC. The largest absolute Gasteiger partial charge is 0.493 e. The van der Waals surface area contributed by atoms with Gasteiger partial charge in [0.25, 0.3) is 0 Å². The van der Waals surface area contributed by atoms with E-state index in [9.17, 15) is 4.79 Å². The lowest BCUT2D eigenvalue weighted by molar-refractivity contribution is -0.121. The molecule has 1 rings (SSSR count). The van der Waals surface area contributed by atoms with Crippen LogP contribution in [0.2, 0.25) is 0 Å². The highest BCUT2D eigenvalue weighted by Gasteiger charge is 2.10. The first kappa shape index (κ1) is 16.1. The van der Waals surface area contributed by atoms with Crippen LogP contribution in [0.4, 0.5) is 0 Å². The number of amides is 1. The number of nitrogens with one attached hydrogen (secondary N) is 1. The Kier molecular flexibility index (Phi) is 7.25. The Morgan fingerprint density at radius 3 is 2.75 bits per heavy atom. The average molecular weight is 277 g/mol. The van der Waals surface area contributed by atoms with Gasteiger partial charge in [-0.15, -0.1) is 0 Å². The van der Waals surface area contributed by atoms with E-state index in [-0.39, 0.29) is 5.91 Å². The van der Waals surface area contributed by atoms with Gasteiger partial charge in [0.2, 0.25) is 5.91 Å². The van der Waals surface area contributed by atoms with Crippen LogP contribution in [0.25, 0.3) is 0 Å². The number of benzene rings is 1. The molecule has 0 heterocycles. The van der Waals surface area contributed by atoms with Crippen molar-refractivity contribution in [2.24, 2.45) is 0 Å². The molecule has 1 aromatic rings. The zero-order valence-corrected chi connectivity index (χ0v) is 12.4. The molecule has 0 aromatic heterocycles. The summed E-state index contributed by atoms with van der Waals surface area (Å²) >= 11 is 0. The van der Waals surface area contributed by atoms with Gasteiger partial charge in [-0.2, -0.15) is 0 Å². The van der Waals surface area contributed by atoms with Gasteiger partial charge in [-0.1, -0.05) is 24.3 Å².